The number of likely N-dealkylation sites (tertiary alicyclic amines) is 1. The van der Waals surface area contributed by atoms with Gasteiger partial charge in [-0.05, 0) is 54.4 Å². The minimum Gasteiger partial charge on any atom is -0.508 e. The van der Waals surface area contributed by atoms with Gasteiger partial charge in [-0.3, -0.25) is 0 Å². The summed E-state index contributed by atoms with van der Waals surface area (Å²) in [5.74, 6) is 1.56. The van der Waals surface area contributed by atoms with Crippen LogP contribution in [-0.2, 0) is 5.67 Å². The van der Waals surface area contributed by atoms with Crippen molar-refractivity contribution < 1.29 is 9.50 Å². The number of hydrogen-bond donors (Lipinski definition) is 1. The molecule has 2 aliphatic rings. The Hall–Kier alpha value is -1.87. The Balaban J connectivity index is 1.32. The average molecular weight is 325 g/mol. The molecule has 2 aromatic rings. The van der Waals surface area contributed by atoms with Gasteiger partial charge in [0.25, 0.3) is 0 Å². The van der Waals surface area contributed by atoms with E-state index in [1.54, 1.807) is 24.3 Å². The van der Waals surface area contributed by atoms with Crippen LogP contribution >= 0.6 is 0 Å². The number of benzene rings is 2. The van der Waals surface area contributed by atoms with E-state index >= 15 is 4.39 Å². The van der Waals surface area contributed by atoms with Gasteiger partial charge in [-0.25, -0.2) is 4.39 Å². The lowest BCUT2D eigenvalue weighted by Crippen LogP contribution is -2.41. The molecule has 0 bridgehead atoms. The zero-order chi connectivity index (χ0) is 16.6. The normalized spacial score (nSPS) is 26.2. The van der Waals surface area contributed by atoms with Gasteiger partial charge in [-0.15, -0.1) is 0 Å². The number of alkyl halides is 1. The molecule has 1 saturated heterocycles. The third-order valence-electron chi connectivity index (χ3n) is 5.66. The van der Waals surface area contributed by atoms with Crippen LogP contribution in [-0.4, -0.2) is 29.6 Å². The second-order valence-electron chi connectivity index (χ2n) is 7.33. The van der Waals surface area contributed by atoms with Gasteiger partial charge in [0.1, 0.15) is 11.4 Å². The fourth-order valence-electron chi connectivity index (χ4n) is 4.05. The van der Waals surface area contributed by atoms with E-state index in [1.165, 1.54) is 12.0 Å². The van der Waals surface area contributed by atoms with Gasteiger partial charge in [-0.1, -0.05) is 42.5 Å². The quantitative estimate of drug-likeness (QED) is 0.897. The van der Waals surface area contributed by atoms with E-state index in [4.69, 9.17) is 0 Å². The molecule has 0 aromatic heterocycles. The number of piperidine rings is 1. The van der Waals surface area contributed by atoms with Gasteiger partial charge in [0.2, 0.25) is 0 Å². The van der Waals surface area contributed by atoms with E-state index in [9.17, 15) is 5.11 Å². The molecule has 4 rings (SSSR count). The van der Waals surface area contributed by atoms with Crippen LogP contribution in [0.25, 0.3) is 0 Å². The highest BCUT2D eigenvalue weighted by Gasteiger charge is 2.42. The fourth-order valence-corrected chi connectivity index (χ4v) is 4.05. The minimum absolute atomic E-state index is 0.149. The minimum atomic E-state index is -1.29. The van der Waals surface area contributed by atoms with E-state index in [0.717, 1.165) is 25.6 Å². The molecule has 126 valence electrons. The van der Waals surface area contributed by atoms with Crippen molar-refractivity contribution in [2.75, 3.05) is 19.6 Å². The zero-order valence-electron chi connectivity index (χ0n) is 13.9. The number of rotatable bonds is 4. The first-order valence-electron chi connectivity index (χ1n) is 8.90. The topological polar surface area (TPSA) is 23.5 Å². The first kappa shape index (κ1) is 15.6. The molecule has 2 fully saturated rings. The van der Waals surface area contributed by atoms with Crippen LogP contribution in [0, 0.1) is 5.92 Å². The van der Waals surface area contributed by atoms with E-state index in [2.05, 4.69) is 35.2 Å². The van der Waals surface area contributed by atoms with Crippen molar-refractivity contribution >= 4 is 0 Å². The van der Waals surface area contributed by atoms with Crippen molar-refractivity contribution in [3.05, 3.63) is 65.7 Å². The third-order valence-corrected chi connectivity index (χ3v) is 5.66. The number of aromatic hydroxyl groups is 1. The second kappa shape index (κ2) is 6.21. The molecule has 1 N–H and O–H groups in total. The first-order chi connectivity index (χ1) is 11.6. The maximum atomic E-state index is 15.2. The predicted octanol–water partition coefficient (Wildman–Crippen LogP) is 4.46. The van der Waals surface area contributed by atoms with Crippen LogP contribution < -0.4 is 0 Å². The average Bonchev–Trinajstić information content (AvgIpc) is 3.37. The summed E-state index contributed by atoms with van der Waals surface area (Å²) in [6.45, 7) is 2.67. The Morgan fingerprint density at radius 3 is 2.50 bits per heavy atom. The van der Waals surface area contributed by atoms with Crippen molar-refractivity contribution in [3.8, 4) is 5.75 Å². The van der Waals surface area contributed by atoms with Crippen LogP contribution in [0.4, 0.5) is 4.39 Å². The summed E-state index contributed by atoms with van der Waals surface area (Å²) in [7, 11) is 0. The summed E-state index contributed by atoms with van der Waals surface area (Å²) >= 11 is 0. The smallest absolute Gasteiger partial charge is 0.138 e. The zero-order valence-corrected chi connectivity index (χ0v) is 13.9. The van der Waals surface area contributed by atoms with Crippen LogP contribution in [0.1, 0.15) is 36.3 Å². The molecule has 1 aliphatic carbocycles. The van der Waals surface area contributed by atoms with Gasteiger partial charge in [0, 0.05) is 19.6 Å². The third kappa shape index (κ3) is 3.18. The van der Waals surface area contributed by atoms with E-state index in [1.807, 2.05) is 0 Å². The Morgan fingerprint density at radius 1 is 1.04 bits per heavy atom. The van der Waals surface area contributed by atoms with Crippen LogP contribution in [0.15, 0.2) is 54.6 Å². The number of phenols is 1. The number of halogens is 1. The standard InChI is InChI=1S/C21H24FNO/c22-21(18-7-4-8-19(24)14-18)9-11-23(12-10-21)15-17-13-20(17)16-5-2-1-3-6-16/h1-8,14,17,20,24H,9-13,15H2/t17-,20-/m0/s1. The van der Waals surface area contributed by atoms with E-state index in [0.29, 0.717) is 24.3 Å². The summed E-state index contributed by atoms with van der Waals surface area (Å²) in [6, 6.07) is 17.4. The van der Waals surface area contributed by atoms with Gasteiger partial charge in [0.05, 0.1) is 0 Å². The molecule has 0 amide bonds. The lowest BCUT2D eigenvalue weighted by Gasteiger charge is -2.37. The van der Waals surface area contributed by atoms with Crippen molar-refractivity contribution in [1.29, 1.82) is 0 Å². The molecule has 2 atom stereocenters. The van der Waals surface area contributed by atoms with Gasteiger partial charge >= 0.3 is 0 Å². The summed E-state index contributed by atoms with van der Waals surface area (Å²) < 4.78 is 15.2. The largest absolute Gasteiger partial charge is 0.508 e. The molecule has 0 radical (unpaired) electrons. The fraction of sp³-hybridized carbons (Fsp3) is 0.429. The Bertz CT molecular complexity index is 694. The second-order valence-corrected chi connectivity index (χ2v) is 7.33. The van der Waals surface area contributed by atoms with Crippen molar-refractivity contribution in [3.63, 3.8) is 0 Å². The molecule has 1 heterocycles. The lowest BCUT2D eigenvalue weighted by molar-refractivity contribution is 0.0536. The van der Waals surface area contributed by atoms with Gasteiger partial charge < -0.3 is 10.0 Å². The molecule has 1 aliphatic heterocycles. The maximum absolute atomic E-state index is 15.2. The highest BCUT2D eigenvalue weighted by Crippen LogP contribution is 2.48. The summed E-state index contributed by atoms with van der Waals surface area (Å²) in [5, 5.41) is 9.60. The molecule has 1 saturated carbocycles. The van der Waals surface area contributed by atoms with Crippen LogP contribution in [0.3, 0.4) is 0 Å². The Labute approximate surface area is 142 Å². The van der Waals surface area contributed by atoms with Crippen LogP contribution in [0.2, 0.25) is 0 Å². The van der Waals surface area contributed by atoms with Gasteiger partial charge in [0.15, 0.2) is 0 Å². The molecule has 2 aromatic carbocycles. The SMILES string of the molecule is Oc1cccc(C2(F)CCN(C[C@@H]3C[C@H]3c3ccccc3)CC2)c1. The van der Waals surface area contributed by atoms with Gasteiger partial charge in [-0.2, -0.15) is 0 Å². The maximum Gasteiger partial charge on any atom is 0.138 e. The highest BCUT2D eigenvalue weighted by molar-refractivity contribution is 5.32. The predicted molar refractivity (Wildman–Crippen MR) is 93.9 cm³/mol. The lowest BCUT2D eigenvalue weighted by atomic mass is 9.86. The Morgan fingerprint density at radius 2 is 1.79 bits per heavy atom. The van der Waals surface area contributed by atoms with Crippen molar-refractivity contribution in [1.82, 2.24) is 4.90 Å². The summed E-state index contributed by atoms with van der Waals surface area (Å²) in [4.78, 5) is 2.41. The van der Waals surface area contributed by atoms with Crippen molar-refractivity contribution in [2.24, 2.45) is 5.92 Å². The molecule has 3 heteroatoms. The molecule has 2 nitrogen and oxygen atoms in total. The molecule has 24 heavy (non-hydrogen) atoms. The molecule has 0 unspecified atom stereocenters. The van der Waals surface area contributed by atoms with E-state index < -0.39 is 5.67 Å². The molecule has 0 spiro atoms. The summed E-state index contributed by atoms with van der Waals surface area (Å²) in [5.41, 5.74) is 0.771. The number of phenolic OH excluding ortho intramolecular Hbond substituents is 1. The molecular formula is C21H24FNO. The van der Waals surface area contributed by atoms with Crippen LogP contribution in [0.5, 0.6) is 5.75 Å². The Kier molecular flexibility index (Phi) is 4.05. The molecular weight excluding hydrogens is 301 g/mol. The number of hydrogen-bond acceptors (Lipinski definition) is 2. The van der Waals surface area contributed by atoms with Crippen molar-refractivity contribution in [2.45, 2.75) is 30.8 Å². The highest BCUT2D eigenvalue weighted by atomic mass is 19.1. The number of nitrogens with zero attached hydrogens (tertiary/aromatic N) is 1. The first-order valence-corrected chi connectivity index (χ1v) is 8.90. The monoisotopic (exact) mass is 325 g/mol. The van der Waals surface area contributed by atoms with E-state index in [-0.39, 0.29) is 5.75 Å². The summed E-state index contributed by atoms with van der Waals surface area (Å²) in [6.07, 6.45) is 2.28.